The Hall–Kier alpha value is -1.69. The van der Waals surface area contributed by atoms with Gasteiger partial charge >= 0.3 is 0 Å². The maximum Gasteiger partial charge on any atom is 0.186 e. The average molecular weight is 290 g/mol. The van der Waals surface area contributed by atoms with Crippen molar-refractivity contribution in [3.8, 4) is 0 Å². The Morgan fingerprint density at radius 2 is 2.15 bits per heavy atom. The Kier molecular flexibility index (Phi) is 3.12. The number of imidazole rings is 1. The third-order valence-corrected chi connectivity index (χ3v) is 4.52. The molecule has 0 radical (unpaired) electrons. The molecule has 5 nitrogen and oxygen atoms in total. The van der Waals surface area contributed by atoms with Gasteiger partial charge in [0.25, 0.3) is 0 Å². The monoisotopic (exact) mass is 290 g/mol. The molecule has 0 amide bonds. The molecular formula is C14H18N4OS. The fraction of sp³-hybridized carbons (Fsp3) is 0.500. The Morgan fingerprint density at radius 1 is 1.35 bits per heavy atom. The van der Waals surface area contributed by atoms with E-state index >= 15 is 0 Å². The number of fused-ring (bicyclic) bond motifs is 1. The third-order valence-electron chi connectivity index (χ3n) is 3.47. The van der Waals surface area contributed by atoms with E-state index in [9.17, 15) is 4.79 Å². The first-order valence-electron chi connectivity index (χ1n) is 6.70. The van der Waals surface area contributed by atoms with Gasteiger partial charge in [0.05, 0.1) is 17.1 Å². The quantitative estimate of drug-likeness (QED) is 0.797. The fourth-order valence-electron chi connectivity index (χ4n) is 2.41. The third kappa shape index (κ3) is 2.24. The molecule has 1 aliphatic rings. The minimum absolute atomic E-state index is 0.112. The van der Waals surface area contributed by atoms with Crippen LogP contribution in [0.25, 0.3) is 0 Å². The first kappa shape index (κ1) is 13.3. The molecular weight excluding hydrogens is 272 g/mol. The zero-order valence-corrected chi connectivity index (χ0v) is 12.8. The predicted molar refractivity (Wildman–Crippen MR) is 79.5 cm³/mol. The van der Waals surface area contributed by atoms with Gasteiger partial charge in [-0.15, -0.1) is 0 Å². The molecule has 106 valence electrons. The van der Waals surface area contributed by atoms with Crippen LogP contribution in [0.1, 0.15) is 42.0 Å². The lowest BCUT2D eigenvalue weighted by Gasteiger charge is -2.27. The van der Waals surface area contributed by atoms with Crippen LogP contribution < -0.4 is 4.90 Å². The van der Waals surface area contributed by atoms with Crippen molar-refractivity contribution in [2.24, 2.45) is 0 Å². The summed E-state index contributed by atoms with van der Waals surface area (Å²) in [4.78, 5) is 23.3. The molecule has 0 unspecified atom stereocenters. The van der Waals surface area contributed by atoms with Gasteiger partial charge in [-0.25, -0.2) is 9.97 Å². The second-order valence-corrected chi connectivity index (χ2v) is 7.04. The molecule has 0 saturated heterocycles. The number of anilines is 1. The zero-order valence-electron chi connectivity index (χ0n) is 12.0. The van der Waals surface area contributed by atoms with Crippen LogP contribution in [0.3, 0.4) is 0 Å². The number of aromatic nitrogens is 3. The molecule has 1 aliphatic heterocycles. The molecule has 3 heterocycles. The van der Waals surface area contributed by atoms with Crippen molar-refractivity contribution >= 4 is 22.8 Å². The Balaban J connectivity index is 1.92. The standard InChI is InChI=1S/C14H18N4OS/c1-14(2,3)12-10(9-19)20-13(16-12)18-7-6-17-5-4-15-11(17)8-18/h4-5,9H,6-8H2,1-3H3. The summed E-state index contributed by atoms with van der Waals surface area (Å²) in [5.74, 6) is 1.05. The summed E-state index contributed by atoms with van der Waals surface area (Å²) in [7, 11) is 0. The van der Waals surface area contributed by atoms with Gasteiger partial charge in [0, 0.05) is 30.9 Å². The Morgan fingerprint density at radius 3 is 2.80 bits per heavy atom. The molecule has 0 bridgehead atoms. The van der Waals surface area contributed by atoms with Crippen LogP contribution in [0.5, 0.6) is 0 Å². The summed E-state index contributed by atoms with van der Waals surface area (Å²) in [6.45, 7) is 8.82. The molecule has 0 spiro atoms. The maximum atomic E-state index is 11.3. The van der Waals surface area contributed by atoms with E-state index in [1.54, 1.807) is 0 Å². The van der Waals surface area contributed by atoms with E-state index in [2.05, 4.69) is 35.2 Å². The number of aldehydes is 1. The van der Waals surface area contributed by atoms with Crippen LogP contribution >= 0.6 is 11.3 Å². The lowest BCUT2D eigenvalue weighted by molar-refractivity contribution is 0.112. The van der Waals surface area contributed by atoms with Crippen molar-refractivity contribution in [2.75, 3.05) is 11.4 Å². The maximum absolute atomic E-state index is 11.3. The summed E-state index contributed by atoms with van der Waals surface area (Å²) in [6, 6.07) is 0. The van der Waals surface area contributed by atoms with Crippen molar-refractivity contribution in [3.63, 3.8) is 0 Å². The molecule has 3 rings (SSSR count). The zero-order chi connectivity index (χ0) is 14.3. The van der Waals surface area contributed by atoms with Crippen molar-refractivity contribution in [1.82, 2.24) is 14.5 Å². The van der Waals surface area contributed by atoms with Gasteiger partial charge < -0.3 is 9.47 Å². The van der Waals surface area contributed by atoms with E-state index in [1.807, 2.05) is 12.4 Å². The van der Waals surface area contributed by atoms with Gasteiger partial charge in [0.1, 0.15) is 5.82 Å². The Labute approximate surface area is 122 Å². The molecule has 0 atom stereocenters. The highest BCUT2D eigenvalue weighted by Gasteiger charge is 2.26. The highest BCUT2D eigenvalue weighted by molar-refractivity contribution is 7.17. The summed E-state index contributed by atoms with van der Waals surface area (Å²) < 4.78 is 2.16. The Bertz CT molecular complexity index is 638. The van der Waals surface area contributed by atoms with Gasteiger partial charge in [-0.05, 0) is 0 Å². The van der Waals surface area contributed by atoms with E-state index in [0.717, 1.165) is 47.4 Å². The number of nitrogens with zero attached hydrogens (tertiary/aromatic N) is 4. The van der Waals surface area contributed by atoms with Crippen molar-refractivity contribution in [3.05, 3.63) is 28.8 Å². The van der Waals surface area contributed by atoms with Gasteiger partial charge in [-0.3, -0.25) is 4.79 Å². The van der Waals surface area contributed by atoms with E-state index < -0.39 is 0 Å². The van der Waals surface area contributed by atoms with Crippen LogP contribution in [0, 0.1) is 0 Å². The van der Waals surface area contributed by atoms with E-state index in [0.29, 0.717) is 0 Å². The SMILES string of the molecule is CC(C)(C)c1nc(N2CCn3ccnc3C2)sc1C=O. The number of thiazole rings is 1. The fourth-order valence-corrected chi connectivity index (χ4v) is 3.52. The van der Waals surface area contributed by atoms with Crippen LogP contribution in [-0.2, 0) is 18.5 Å². The van der Waals surface area contributed by atoms with Crippen LogP contribution in [0.15, 0.2) is 12.4 Å². The number of carbonyl (C=O) groups is 1. The van der Waals surface area contributed by atoms with Crippen LogP contribution in [-0.4, -0.2) is 27.4 Å². The summed E-state index contributed by atoms with van der Waals surface area (Å²) >= 11 is 1.48. The molecule has 20 heavy (non-hydrogen) atoms. The summed E-state index contributed by atoms with van der Waals surface area (Å²) in [6.07, 6.45) is 4.76. The van der Waals surface area contributed by atoms with Crippen molar-refractivity contribution in [1.29, 1.82) is 0 Å². The van der Waals surface area contributed by atoms with Crippen LogP contribution in [0.4, 0.5) is 5.13 Å². The first-order valence-corrected chi connectivity index (χ1v) is 7.52. The second-order valence-electron chi connectivity index (χ2n) is 6.04. The number of hydrogen-bond donors (Lipinski definition) is 0. The van der Waals surface area contributed by atoms with Crippen molar-refractivity contribution in [2.45, 2.75) is 39.3 Å². The van der Waals surface area contributed by atoms with Crippen molar-refractivity contribution < 1.29 is 4.79 Å². The highest BCUT2D eigenvalue weighted by atomic mass is 32.1. The van der Waals surface area contributed by atoms with E-state index in [-0.39, 0.29) is 5.41 Å². The lowest BCUT2D eigenvalue weighted by Crippen LogP contribution is -2.33. The second kappa shape index (κ2) is 4.70. The molecule has 2 aromatic rings. The predicted octanol–water partition coefficient (Wildman–Crippen LogP) is 2.47. The molecule has 0 aromatic carbocycles. The topological polar surface area (TPSA) is 51.0 Å². The summed E-state index contributed by atoms with van der Waals surface area (Å²) in [5, 5.41) is 0.922. The number of rotatable bonds is 2. The lowest BCUT2D eigenvalue weighted by atomic mass is 9.91. The molecule has 0 fully saturated rings. The van der Waals surface area contributed by atoms with Gasteiger partial charge in [0.2, 0.25) is 0 Å². The first-order chi connectivity index (χ1) is 9.49. The molecule has 0 N–H and O–H groups in total. The van der Waals surface area contributed by atoms with Crippen LogP contribution in [0.2, 0.25) is 0 Å². The average Bonchev–Trinajstić information content (AvgIpc) is 3.03. The van der Waals surface area contributed by atoms with E-state index in [1.165, 1.54) is 11.3 Å². The molecule has 6 heteroatoms. The largest absolute Gasteiger partial charge is 0.339 e. The number of carbonyl (C=O) groups excluding carboxylic acids is 1. The minimum Gasteiger partial charge on any atom is -0.339 e. The normalized spacial score (nSPS) is 15.2. The van der Waals surface area contributed by atoms with Gasteiger partial charge in [-0.2, -0.15) is 0 Å². The van der Waals surface area contributed by atoms with Gasteiger partial charge in [0.15, 0.2) is 11.4 Å². The van der Waals surface area contributed by atoms with E-state index in [4.69, 9.17) is 4.98 Å². The minimum atomic E-state index is -0.112. The number of hydrogen-bond acceptors (Lipinski definition) is 5. The molecule has 0 aliphatic carbocycles. The smallest absolute Gasteiger partial charge is 0.186 e. The summed E-state index contributed by atoms with van der Waals surface area (Å²) in [5.41, 5.74) is 0.778. The molecule has 0 saturated carbocycles. The highest BCUT2D eigenvalue weighted by Crippen LogP contribution is 2.33. The molecule has 2 aromatic heterocycles. The van der Waals surface area contributed by atoms with Gasteiger partial charge in [-0.1, -0.05) is 32.1 Å².